The van der Waals surface area contributed by atoms with Crippen molar-refractivity contribution in [1.82, 2.24) is 0 Å². The number of hydrogen-bond donors (Lipinski definition) is 0. The van der Waals surface area contributed by atoms with Crippen LogP contribution in [0.5, 0.6) is 0 Å². The SMILES string of the molecule is CCCC(CC)C(CC)CCC(C)CC. The van der Waals surface area contributed by atoms with E-state index in [0.29, 0.717) is 0 Å². The molecule has 0 heterocycles. The van der Waals surface area contributed by atoms with Crippen LogP contribution in [0.3, 0.4) is 0 Å². The van der Waals surface area contributed by atoms with Gasteiger partial charge in [-0.2, -0.15) is 0 Å². The minimum atomic E-state index is 0.929. The predicted octanol–water partition coefficient (Wildman–Crippen LogP) is 5.67. The number of hydrogen-bond acceptors (Lipinski definition) is 0. The van der Waals surface area contributed by atoms with Gasteiger partial charge in [0.2, 0.25) is 0 Å². The molecule has 0 saturated carbocycles. The molecule has 0 amide bonds. The lowest BCUT2D eigenvalue weighted by Crippen LogP contribution is -2.14. The second-order valence-electron chi connectivity index (χ2n) is 5.22. The topological polar surface area (TPSA) is 0 Å². The summed E-state index contributed by atoms with van der Waals surface area (Å²) in [6.45, 7) is 11.8. The summed E-state index contributed by atoms with van der Waals surface area (Å²) >= 11 is 0. The van der Waals surface area contributed by atoms with Gasteiger partial charge in [0.25, 0.3) is 0 Å². The first-order chi connectivity index (χ1) is 7.19. The van der Waals surface area contributed by atoms with Gasteiger partial charge < -0.3 is 0 Å². The van der Waals surface area contributed by atoms with E-state index in [4.69, 9.17) is 0 Å². The van der Waals surface area contributed by atoms with Crippen LogP contribution in [0.1, 0.15) is 79.6 Å². The normalized spacial score (nSPS) is 17.4. The third-order valence-electron chi connectivity index (χ3n) is 4.10. The van der Waals surface area contributed by atoms with Crippen molar-refractivity contribution in [3.63, 3.8) is 0 Å². The third kappa shape index (κ3) is 6.22. The quantitative estimate of drug-likeness (QED) is 0.462. The maximum Gasteiger partial charge on any atom is -0.0388 e. The van der Waals surface area contributed by atoms with Gasteiger partial charge in [-0.05, 0) is 24.2 Å². The van der Waals surface area contributed by atoms with Gasteiger partial charge >= 0.3 is 0 Å². The van der Waals surface area contributed by atoms with Crippen LogP contribution < -0.4 is 0 Å². The van der Waals surface area contributed by atoms with Gasteiger partial charge in [-0.25, -0.2) is 0 Å². The van der Waals surface area contributed by atoms with Crippen LogP contribution in [0.2, 0.25) is 0 Å². The van der Waals surface area contributed by atoms with Gasteiger partial charge in [0.05, 0.1) is 0 Å². The highest BCUT2D eigenvalue weighted by Crippen LogP contribution is 2.29. The molecule has 0 fully saturated rings. The molecule has 0 aromatic rings. The Hall–Kier alpha value is 0. The molecule has 0 aromatic carbocycles. The Morgan fingerprint density at radius 3 is 1.60 bits per heavy atom. The summed E-state index contributed by atoms with van der Waals surface area (Å²) < 4.78 is 0. The van der Waals surface area contributed by atoms with E-state index in [1.54, 1.807) is 0 Å². The van der Waals surface area contributed by atoms with Crippen LogP contribution >= 0.6 is 0 Å². The molecular weight excluding hydrogens is 180 g/mol. The van der Waals surface area contributed by atoms with Crippen molar-refractivity contribution >= 4 is 0 Å². The fourth-order valence-corrected chi connectivity index (χ4v) is 2.62. The van der Waals surface area contributed by atoms with Crippen LogP contribution in [0.4, 0.5) is 0 Å². The minimum absolute atomic E-state index is 0.929. The highest BCUT2D eigenvalue weighted by Gasteiger charge is 2.17. The maximum absolute atomic E-state index is 2.40. The van der Waals surface area contributed by atoms with Crippen LogP contribution in [0, 0.1) is 17.8 Å². The molecule has 92 valence electrons. The van der Waals surface area contributed by atoms with E-state index in [1.807, 2.05) is 0 Å². The molecule has 3 atom stereocenters. The van der Waals surface area contributed by atoms with Crippen molar-refractivity contribution in [3.05, 3.63) is 0 Å². The molecule has 0 heteroatoms. The first-order valence-corrected chi connectivity index (χ1v) is 7.19. The first-order valence-electron chi connectivity index (χ1n) is 7.19. The predicted molar refractivity (Wildman–Crippen MR) is 71.2 cm³/mol. The molecule has 0 spiro atoms. The monoisotopic (exact) mass is 212 g/mol. The van der Waals surface area contributed by atoms with Crippen LogP contribution in [0.15, 0.2) is 0 Å². The second kappa shape index (κ2) is 9.24. The Labute approximate surface area is 97.8 Å². The smallest absolute Gasteiger partial charge is 0.0388 e. The standard InChI is InChI=1S/C15H32/c1-6-10-14(8-3)15(9-4)12-11-13(5)7-2/h13-15H,6-12H2,1-5H3. The zero-order chi connectivity index (χ0) is 11.7. The van der Waals surface area contributed by atoms with Crippen LogP contribution in [0.25, 0.3) is 0 Å². The van der Waals surface area contributed by atoms with Crippen LogP contribution in [-0.2, 0) is 0 Å². The van der Waals surface area contributed by atoms with Gasteiger partial charge in [-0.3, -0.25) is 0 Å². The van der Waals surface area contributed by atoms with E-state index >= 15 is 0 Å². The Balaban J connectivity index is 3.97. The Morgan fingerprint density at radius 1 is 0.667 bits per heavy atom. The Kier molecular flexibility index (Phi) is 9.24. The van der Waals surface area contributed by atoms with Crippen molar-refractivity contribution in [3.8, 4) is 0 Å². The van der Waals surface area contributed by atoms with Gasteiger partial charge in [0, 0.05) is 0 Å². The maximum atomic E-state index is 2.40. The molecule has 15 heavy (non-hydrogen) atoms. The minimum Gasteiger partial charge on any atom is -0.0654 e. The van der Waals surface area contributed by atoms with Crippen molar-refractivity contribution in [1.29, 1.82) is 0 Å². The molecule has 0 nitrogen and oxygen atoms in total. The van der Waals surface area contributed by atoms with E-state index < -0.39 is 0 Å². The largest absolute Gasteiger partial charge is 0.0654 e. The molecular formula is C15H32. The van der Waals surface area contributed by atoms with E-state index in [0.717, 1.165) is 17.8 Å². The van der Waals surface area contributed by atoms with Crippen molar-refractivity contribution in [2.45, 2.75) is 79.6 Å². The van der Waals surface area contributed by atoms with Crippen molar-refractivity contribution < 1.29 is 0 Å². The van der Waals surface area contributed by atoms with Crippen LogP contribution in [-0.4, -0.2) is 0 Å². The van der Waals surface area contributed by atoms with E-state index in [9.17, 15) is 0 Å². The molecule has 0 aromatic heterocycles. The summed E-state index contributed by atoms with van der Waals surface area (Å²) in [6.07, 6.45) is 9.82. The summed E-state index contributed by atoms with van der Waals surface area (Å²) in [5, 5.41) is 0. The van der Waals surface area contributed by atoms with Gasteiger partial charge in [-0.1, -0.05) is 73.1 Å². The average molecular weight is 212 g/mol. The summed E-state index contributed by atoms with van der Waals surface area (Å²) in [6, 6.07) is 0. The highest BCUT2D eigenvalue weighted by molar-refractivity contribution is 4.69. The summed E-state index contributed by atoms with van der Waals surface area (Å²) in [4.78, 5) is 0. The molecule has 0 aliphatic rings. The number of rotatable bonds is 9. The molecule has 3 unspecified atom stereocenters. The lowest BCUT2D eigenvalue weighted by atomic mass is 9.80. The first kappa shape index (κ1) is 15.0. The lowest BCUT2D eigenvalue weighted by molar-refractivity contribution is 0.257. The highest BCUT2D eigenvalue weighted by atomic mass is 14.2. The summed E-state index contributed by atoms with van der Waals surface area (Å²) in [7, 11) is 0. The summed E-state index contributed by atoms with van der Waals surface area (Å²) in [5.41, 5.74) is 0. The van der Waals surface area contributed by atoms with Gasteiger partial charge in [0.15, 0.2) is 0 Å². The molecule has 0 rings (SSSR count). The van der Waals surface area contributed by atoms with E-state index in [-0.39, 0.29) is 0 Å². The molecule has 0 bridgehead atoms. The molecule has 0 radical (unpaired) electrons. The molecule has 0 N–H and O–H groups in total. The van der Waals surface area contributed by atoms with Crippen molar-refractivity contribution in [2.24, 2.45) is 17.8 Å². The Morgan fingerprint density at radius 2 is 1.20 bits per heavy atom. The Bertz CT molecular complexity index is 128. The second-order valence-corrected chi connectivity index (χ2v) is 5.22. The van der Waals surface area contributed by atoms with E-state index in [2.05, 4.69) is 34.6 Å². The zero-order valence-electron chi connectivity index (χ0n) is 11.7. The summed E-state index contributed by atoms with van der Waals surface area (Å²) in [5.74, 6) is 2.91. The zero-order valence-corrected chi connectivity index (χ0v) is 11.7. The van der Waals surface area contributed by atoms with Crippen molar-refractivity contribution in [2.75, 3.05) is 0 Å². The fraction of sp³-hybridized carbons (Fsp3) is 1.00. The third-order valence-corrected chi connectivity index (χ3v) is 4.10. The molecule has 0 aliphatic carbocycles. The van der Waals surface area contributed by atoms with Gasteiger partial charge in [0.1, 0.15) is 0 Å². The fourth-order valence-electron chi connectivity index (χ4n) is 2.62. The molecule has 0 saturated heterocycles. The molecule has 0 aliphatic heterocycles. The van der Waals surface area contributed by atoms with Gasteiger partial charge in [-0.15, -0.1) is 0 Å². The average Bonchev–Trinajstić information content (AvgIpc) is 2.27. The lowest BCUT2D eigenvalue weighted by Gasteiger charge is -2.26. The van der Waals surface area contributed by atoms with E-state index in [1.165, 1.54) is 44.9 Å².